The number of carbonyl (C=O) groups is 2. The molecule has 0 bridgehead atoms. The van der Waals surface area contributed by atoms with E-state index in [1.165, 1.54) is 0 Å². The number of urea groups is 1. The van der Waals surface area contributed by atoms with E-state index in [1.807, 2.05) is 12.5 Å². The van der Waals surface area contributed by atoms with E-state index in [-0.39, 0.29) is 6.04 Å². The van der Waals surface area contributed by atoms with E-state index >= 15 is 0 Å². The highest BCUT2D eigenvalue weighted by atomic mass is 16.7. The second-order valence-electron chi connectivity index (χ2n) is 3.51. The summed E-state index contributed by atoms with van der Waals surface area (Å²) in [6.07, 6.45) is 0.892. The maximum Gasteiger partial charge on any atom is 0.338 e. The number of likely N-dealkylation sites (tertiary alicyclic amines) is 1. The van der Waals surface area contributed by atoms with Gasteiger partial charge in [-0.15, -0.1) is 0 Å². The number of hydroxylamine groups is 1. The van der Waals surface area contributed by atoms with Crippen molar-refractivity contribution in [1.82, 2.24) is 15.7 Å². The number of carbonyl (C=O) groups excluding carboxylic acids is 1. The van der Waals surface area contributed by atoms with Crippen molar-refractivity contribution in [2.45, 2.75) is 12.5 Å². The molecule has 1 fully saturated rings. The van der Waals surface area contributed by atoms with Crippen LogP contribution in [0.3, 0.4) is 0 Å². The molecular formula is C8H15N3O4. The molecule has 1 unspecified atom stereocenters. The number of nitrogens with one attached hydrogen (secondary N) is 2. The fourth-order valence-electron chi connectivity index (χ4n) is 1.43. The van der Waals surface area contributed by atoms with Gasteiger partial charge in [-0.2, -0.15) is 0 Å². The zero-order valence-corrected chi connectivity index (χ0v) is 8.52. The Hall–Kier alpha value is -1.34. The topological polar surface area (TPSA) is 90.9 Å². The van der Waals surface area contributed by atoms with Gasteiger partial charge in [-0.05, 0) is 20.0 Å². The van der Waals surface area contributed by atoms with Crippen molar-refractivity contribution in [3.8, 4) is 0 Å². The minimum atomic E-state index is -1.13. The normalized spacial score (nSPS) is 21.3. The Balaban J connectivity index is 2.10. The van der Waals surface area contributed by atoms with Gasteiger partial charge in [0.15, 0.2) is 6.61 Å². The first-order valence-corrected chi connectivity index (χ1v) is 4.66. The Bertz CT molecular complexity index is 246. The number of hydrogen-bond donors (Lipinski definition) is 3. The molecule has 3 N–H and O–H groups in total. The first kappa shape index (κ1) is 11.7. The Morgan fingerprint density at radius 3 is 2.87 bits per heavy atom. The molecule has 0 spiro atoms. The molecular weight excluding hydrogens is 202 g/mol. The lowest BCUT2D eigenvalue weighted by Crippen LogP contribution is -2.43. The summed E-state index contributed by atoms with van der Waals surface area (Å²) in [5, 5.41) is 10.9. The van der Waals surface area contributed by atoms with Gasteiger partial charge in [0.1, 0.15) is 0 Å². The standard InChI is InChI=1S/C8H15N3O4/c1-11-3-2-6(4-11)9-8(14)10-15-5-7(12)13/h6H,2-5H2,1H3,(H,12,13)(H2,9,10,14). The molecule has 0 aromatic rings. The van der Waals surface area contributed by atoms with Crippen LogP contribution in [-0.4, -0.2) is 54.8 Å². The summed E-state index contributed by atoms with van der Waals surface area (Å²) in [6, 6.07) is -0.403. The minimum Gasteiger partial charge on any atom is -0.479 e. The summed E-state index contributed by atoms with van der Waals surface area (Å²) < 4.78 is 0. The maximum absolute atomic E-state index is 11.1. The molecule has 1 aliphatic heterocycles. The highest BCUT2D eigenvalue weighted by Crippen LogP contribution is 2.05. The molecule has 1 rings (SSSR count). The third kappa shape index (κ3) is 4.61. The molecule has 1 saturated heterocycles. The van der Waals surface area contributed by atoms with Gasteiger partial charge in [0.2, 0.25) is 0 Å². The van der Waals surface area contributed by atoms with Crippen LogP contribution in [0.15, 0.2) is 0 Å². The van der Waals surface area contributed by atoms with Gasteiger partial charge >= 0.3 is 12.0 Å². The highest BCUT2D eigenvalue weighted by Gasteiger charge is 2.20. The summed E-state index contributed by atoms with van der Waals surface area (Å²) in [5.74, 6) is -1.13. The molecule has 1 atom stereocenters. The van der Waals surface area contributed by atoms with Crippen LogP contribution >= 0.6 is 0 Å². The largest absolute Gasteiger partial charge is 0.479 e. The quantitative estimate of drug-likeness (QED) is 0.526. The van der Waals surface area contributed by atoms with Crippen LogP contribution in [0.25, 0.3) is 0 Å². The molecule has 0 radical (unpaired) electrons. The second-order valence-corrected chi connectivity index (χ2v) is 3.51. The average molecular weight is 217 g/mol. The van der Waals surface area contributed by atoms with Gasteiger partial charge < -0.3 is 15.3 Å². The zero-order chi connectivity index (χ0) is 11.3. The van der Waals surface area contributed by atoms with E-state index in [0.29, 0.717) is 0 Å². The summed E-state index contributed by atoms with van der Waals surface area (Å²) in [6.45, 7) is 1.20. The molecule has 0 aromatic carbocycles. The first-order chi connectivity index (χ1) is 7.08. The summed E-state index contributed by atoms with van der Waals surface area (Å²) in [7, 11) is 1.97. The van der Waals surface area contributed by atoms with Gasteiger partial charge in [0, 0.05) is 12.6 Å². The third-order valence-corrected chi connectivity index (χ3v) is 2.09. The number of carboxylic acids is 1. The molecule has 86 valence electrons. The Kier molecular flexibility index (Phi) is 4.32. The van der Waals surface area contributed by atoms with Crippen LogP contribution in [0, 0.1) is 0 Å². The van der Waals surface area contributed by atoms with Gasteiger partial charge in [-0.1, -0.05) is 0 Å². The number of rotatable bonds is 4. The van der Waals surface area contributed by atoms with Crippen molar-refractivity contribution < 1.29 is 19.5 Å². The highest BCUT2D eigenvalue weighted by molar-refractivity contribution is 5.73. The van der Waals surface area contributed by atoms with Crippen LogP contribution in [0.2, 0.25) is 0 Å². The Labute approximate surface area is 87.3 Å². The molecule has 15 heavy (non-hydrogen) atoms. The molecule has 0 aromatic heterocycles. The predicted molar refractivity (Wildman–Crippen MR) is 51.2 cm³/mol. The molecule has 7 heteroatoms. The van der Waals surface area contributed by atoms with Crippen LogP contribution in [0.5, 0.6) is 0 Å². The molecule has 2 amide bonds. The molecule has 0 saturated carbocycles. The lowest BCUT2D eigenvalue weighted by atomic mass is 10.3. The Morgan fingerprint density at radius 2 is 2.33 bits per heavy atom. The van der Waals surface area contributed by atoms with E-state index in [0.717, 1.165) is 19.5 Å². The van der Waals surface area contributed by atoms with E-state index in [9.17, 15) is 9.59 Å². The van der Waals surface area contributed by atoms with Gasteiger partial charge in [0.05, 0.1) is 0 Å². The van der Waals surface area contributed by atoms with Crippen molar-refractivity contribution in [1.29, 1.82) is 0 Å². The predicted octanol–water partition coefficient (Wildman–Crippen LogP) is -0.994. The third-order valence-electron chi connectivity index (χ3n) is 2.09. The monoisotopic (exact) mass is 217 g/mol. The fraction of sp³-hybridized carbons (Fsp3) is 0.750. The van der Waals surface area contributed by atoms with Gasteiger partial charge in [-0.3, -0.25) is 4.84 Å². The molecule has 1 aliphatic rings. The van der Waals surface area contributed by atoms with Crippen molar-refractivity contribution in [2.75, 3.05) is 26.7 Å². The summed E-state index contributed by atoms with van der Waals surface area (Å²) in [4.78, 5) is 27.7. The molecule has 7 nitrogen and oxygen atoms in total. The van der Waals surface area contributed by atoms with Gasteiger partial charge in [0.25, 0.3) is 0 Å². The summed E-state index contributed by atoms with van der Waals surface area (Å²) in [5.41, 5.74) is 2.01. The number of hydrogen-bond acceptors (Lipinski definition) is 4. The van der Waals surface area contributed by atoms with Crippen molar-refractivity contribution in [3.63, 3.8) is 0 Å². The van der Waals surface area contributed by atoms with E-state index in [1.54, 1.807) is 0 Å². The van der Waals surface area contributed by atoms with Gasteiger partial charge in [-0.25, -0.2) is 15.1 Å². The number of amides is 2. The lowest BCUT2D eigenvalue weighted by Gasteiger charge is -2.12. The smallest absolute Gasteiger partial charge is 0.338 e. The van der Waals surface area contributed by atoms with E-state index in [2.05, 4.69) is 15.1 Å². The van der Waals surface area contributed by atoms with Crippen molar-refractivity contribution in [3.05, 3.63) is 0 Å². The number of aliphatic carboxylic acids is 1. The average Bonchev–Trinajstić information content (AvgIpc) is 2.50. The first-order valence-electron chi connectivity index (χ1n) is 4.66. The fourth-order valence-corrected chi connectivity index (χ4v) is 1.43. The summed E-state index contributed by atoms with van der Waals surface area (Å²) >= 11 is 0. The minimum absolute atomic E-state index is 0.100. The number of carboxylic acid groups (broad SMARTS) is 1. The maximum atomic E-state index is 11.1. The van der Waals surface area contributed by atoms with Crippen LogP contribution in [-0.2, 0) is 9.63 Å². The van der Waals surface area contributed by atoms with Crippen molar-refractivity contribution in [2.24, 2.45) is 0 Å². The van der Waals surface area contributed by atoms with E-state index in [4.69, 9.17) is 5.11 Å². The SMILES string of the molecule is CN1CCC(NC(=O)NOCC(=O)O)C1. The van der Waals surface area contributed by atoms with Crippen LogP contribution in [0.1, 0.15) is 6.42 Å². The van der Waals surface area contributed by atoms with Crippen LogP contribution in [0.4, 0.5) is 4.79 Å². The van der Waals surface area contributed by atoms with E-state index < -0.39 is 18.6 Å². The number of nitrogens with zero attached hydrogens (tertiary/aromatic N) is 1. The molecule has 1 heterocycles. The lowest BCUT2D eigenvalue weighted by molar-refractivity contribution is -0.144. The Morgan fingerprint density at radius 1 is 1.60 bits per heavy atom. The second kappa shape index (κ2) is 5.52. The zero-order valence-electron chi connectivity index (χ0n) is 8.52. The van der Waals surface area contributed by atoms with Crippen LogP contribution < -0.4 is 10.8 Å². The van der Waals surface area contributed by atoms with Crippen molar-refractivity contribution >= 4 is 12.0 Å². The molecule has 0 aliphatic carbocycles. The number of likely N-dealkylation sites (N-methyl/N-ethyl adjacent to an activating group) is 1.